The molecule has 0 saturated heterocycles. The van der Waals surface area contributed by atoms with Gasteiger partial charge in [-0.05, 0) is 29.8 Å². The molecule has 0 spiro atoms. The van der Waals surface area contributed by atoms with Crippen molar-refractivity contribution in [1.29, 1.82) is 0 Å². The van der Waals surface area contributed by atoms with Crippen LogP contribution in [-0.2, 0) is 13.6 Å². The summed E-state index contributed by atoms with van der Waals surface area (Å²) < 4.78 is 42.1. The molecule has 0 fully saturated rings. The van der Waals surface area contributed by atoms with Gasteiger partial charge in [0.2, 0.25) is 0 Å². The maximum Gasteiger partial charge on any atom is 0.573 e. The van der Waals surface area contributed by atoms with Crippen molar-refractivity contribution in [2.24, 2.45) is 7.05 Å². The SMILES string of the molecule is Cn1c(Cl)cc2ccnc(NCc3ccc(OC(F)(F)F)cc3)c21. The molecule has 126 valence electrons. The highest BCUT2D eigenvalue weighted by atomic mass is 35.5. The van der Waals surface area contributed by atoms with Crippen molar-refractivity contribution in [2.75, 3.05) is 5.32 Å². The summed E-state index contributed by atoms with van der Waals surface area (Å²) in [7, 11) is 1.83. The number of ether oxygens (including phenoxy) is 1. The van der Waals surface area contributed by atoms with E-state index < -0.39 is 6.36 Å². The van der Waals surface area contributed by atoms with Gasteiger partial charge in [-0.2, -0.15) is 0 Å². The van der Waals surface area contributed by atoms with Crippen LogP contribution >= 0.6 is 11.6 Å². The van der Waals surface area contributed by atoms with Crippen molar-refractivity contribution < 1.29 is 17.9 Å². The minimum Gasteiger partial charge on any atom is -0.406 e. The minimum atomic E-state index is -4.69. The van der Waals surface area contributed by atoms with E-state index in [4.69, 9.17) is 11.6 Å². The summed E-state index contributed by atoms with van der Waals surface area (Å²) in [6.07, 6.45) is -3.02. The summed E-state index contributed by atoms with van der Waals surface area (Å²) in [5, 5.41) is 4.72. The quantitative estimate of drug-likeness (QED) is 0.735. The first-order chi connectivity index (χ1) is 11.3. The first kappa shape index (κ1) is 16.4. The minimum absolute atomic E-state index is 0.249. The lowest BCUT2D eigenvalue weighted by Gasteiger charge is -2.11. The lowest BCUT2D eigenvalue weighted by molar-refractivity contribution is -0.274. The lowest BCUT2D eigenvalue weighted by Crippen LogP contribution is -2.17. The fourth-order valence-corrected chi connectivity index (χ4v) is 2.60. The van der Waals surface area contributed by atoms with Crippen LogP contribution in [0.2, 0.25) is 5.15 Å². The third-order valence-electron chi connectivity index (χ3n) is 3.50. The normalized spacial score (nSPS) is 11.7. The van der Waals surface area contributed by atoms with E-state index in [1.54, 1.807) is 18.3 Å². The Kier molecular flexibility index (Phi) is 4.28. The predicted molar refractivity (Wildman–Crippen MR) is 86.2 cm³/mol. The topological polar surface area (TPSA) is 39.1 Å². The van der Waals surface area contributed by atoms with Gasteiger partial charge >= 0.3 is 6.36 Å². The number of fused-ring (bicyclic) bond motifs is 1. The molecule has 0 aliphatic rings. The fraction of sp³-hybridized carbons (Fsp3) is 0.188. The molecule has 1 aromatic carbocycles. The fourth-order valence-electron chi connectivity index (χ4n) is 2.39. The van der Waals surface area contributed by atoms with Gasteiger partial charge in [-0.15, -0.1) is 13.2 Å². The smallest absolute Gasteiger partial charge is 0.406 e. The summed E-state index contributed by atoms with van der Waals surface area (Å²) in [5.41, 5.74) is 1.66. The van der Waals surface area contributed by atoms with Crippen molar-refractivity contribution in [1.82, 2.24) is 9.55 Å². The van der Waals surface area contributed by atoms with Gasteiger partial charge in [0.15, 0.2) is 5.82 Å². The first-order valence-corrected chi connectivity index (χ1v) is 7.40. The molecular weight excluding hydrogens is 343 g/mol. The number of rotatable bonds is 4. The van der Waals surface area contributed by atoms with Crippen LogP contribution in [0, 0.1) is 0 Å². The largest absolute Gasteiger partial charge is 0.573 e. The molecule has 3 rings (SSSR count). The number of pyridine rings is 1. The van der Waals surface area contributed by atoms with Crippen molar-refractivity contribution in [2.45, 2.75) is 12.9 Å². The van der Waals surface area contributed by atoms with E-state index in [1.165, 1.54) is 12.1 Å². The van der Waals surface area contributed by atoms with Crippen LogP contribution in [-0.4, -0.2) is 15.9 Å². The van der Waals surface area contributed by atoms with Gasteiger partial charge in [0.1, 0.15) is 10.9 Å². The Hall–Kier alpha value is -2.41. The lowest BCUT2D eigenvalue weighted by atomic mass is 10.2. The number of hydrogen-bond acceptors (Lipinski definition) is 3. The van der Waals surface area contributed by atoms with E-state index in [0.717, 1.165) is 16.5 Å². The number of nitrogens with zero attached hydrogens (tertiary/aromatic N) is 2. The standard InChI is InChI=1S/C16H13ClF3N3O/c1-23-13(17)8-11-6-7-21-15(14(11)23)22-9-10-2-4-12(5-3-10)24-16(18,19)20/h2-8H,9H2,1H3,(H,21,22). The van der Waals surface area contributed by atoms with E-state index in [2.05, 4.69) is 15.0 Å². The van der Waals surface area contributed by atoms with E-state index in [9.17, 15) is 13.2 Å². The summed E-state index contributed by atoms with van der Waals surface area (Å²) in [6, 6.07) is 9.37. The second kappa shape index (κ2) is 6.24. The zero-order valence-electron chi connectivity index (χ0n) is 12.6. The summed E-state index contributed by atoms with van der Waals surface area (Å²) in [5.74, 6) is 0.401. The van der Waals surface area contributed by atoms with Crippen LogP contribution in [0.5, 0.6) is 5.75 Å². The Morgan fingerprint density at radius 3 is 2.58 bits per heavy atom. The van der Waals surface area contributed by atoms with Gasteiger partial charge in [0.25, 0.3) is 0 Å². The van der Waals surface area contributed by atoms with Gasteiger partial charge in [0, 0.05) is 25.2 Å². The second-order valence-corrected chi connectivity index (χ2v) is 5.56. The number of anilines is 1. The van der Waals surface area contributed by atoms with Crippen LogP contribution in [0.3, 0.4) is 0 Å². The highest BCUT2D eigenvalue weighted by Gasteiger charge is 2.30. The molecule has 0 aliphatic heterocycles. The average molecular weight is 356 g/mol. The van der Waals surface area contributed by atoms with Gasteiger partial charge in [-0.3, -0.25) is 0 Å². The van der Waals surface area contributed by atoms with Crippen molar-refractivity contribution in [3.8, 4) is 5.75 Å². The number of hydrogen-bond donors (Lipinski definition) is 1. The van der Waals surface area contributed by atoms with Gasteiger partial charge in [-0.25, -0.2) is 4.98 Å². The number of benzene rings is 1. The number of halogens is 4. The molecule has 3 aromatic rings. The third-order valence-corrected chi connectivity index (χ3v) is 3.87. The molecule has 2 aromatic heterocycles. The molecule has 0 saturated carbocycles. The molecule has 24 heavy (non-hydrogen) atoms. The van der Waals surface area contributed by atoms with E-state index in [-0.39, 0.29) is 5.75 Å². The van der Waals surface area contributed by atoms with Crippen molar-refractivity contribution in [3.05, 3.63) is 53.3 Å². The van der Waals surface area contributed by atoms with Gasteiger partial charge in [0.05, 0.1) is 5.52 Å². The third kappa shape index (κ3) is 3.56. The number of aryl methyl sites for hydroxylation is 1. The molecule has 0 atom stereocenters. The first-order valence-electron chi connectivity index (χ1n) is 7.02. The van der Waals surface area contributed by atoms with Crippen molar-refractivity contribution >= 4 is 28.3 Å². The van der Waals surface area contributed by atoms with Crippen LogP contribution in [0.15, 0.2) is 42.6 Å². The molecular formula is C16H13ClF3N3O. The van der Waals surface area contributed by atoms with Crippen LogP contribution < -0.4 is 10.1 Å². The Bertz CT molecular complexity index is 859. The molecule has 2 heterocycles. The van der Waals surface area contributed by atoms with Crippen LogP contribution in [0.25, 0.3) is 10.9 Å². The Morgan fingerprint density at radius 2 is 1.92 bits per heavy atom. The molecule has 8 heteroatoms. The molecule has 4 nitrogen and oxygen atoms in total. The summed E-state index contributed by atoms with van der Waals surface area (Å²) in [4.78, 5) is 4.30. The highest BCUT2D eigenvalue weighted by molar-refractivity contribution is 6.31. The molecule has 0 aliphatic carbocycles. The molecule has 0 bridgehead atoms. The molecule has 0 unspecified atom stereocenters. The summed E-state index contributed by atoms with van der Waals surface area (Å²) >= 11 is 6.11. The van der Waals surface area contributed by atoms with E-state index in [0.29, 0.717) is 17.5 Å². The number of nitrogens with one attached hydrogen (secondary N) is 1. The van der Waals surface area contributed by atoms with Gasteiger partial charge in [-0.1, -0.05) is 23.7 Å². The van der Waals surface area contributed by atoms with Crippen LogP contribution in [0.1, 0.15) is 5.56 Å². The monoisotopic (exact) mass is 355 g/mol. The number of alkyl halides is 3. The highest BCUT2D eigenvalue weighted by Crippen LogP contribution is 2.27. The van der Waals surface area contributed by atoms with Crippen LogP contribution in [0.4, 0.5) is 19.0 Å². The van der Waals surface area contributed by atoms with Gasteiger partial charge < -0.3 is 14.6 Å². The zero-order chi connectivity index (χ0) is 17.3. The molecule has 0 amide bonds. The molecule has 1 N–H and O–H groups in total. The Balaban J connectivity index is 1.74. The second-order valence-electron chi connectivity index (χ2n) is 5.17. The predicted octanol–water partition coefficient (Wildman–Crippen LogP) is 4.74. The maximum absolute atomic E-state index is 12.1. The summed E-state index contributed by atoms with van der Waals surface area (Å²) in [6.45, 7) is 0.404. The average Bonchev–Trinajstić information content (AvgIpc) is 2.80. The van der Waals surface area contributed by atoms with E-state index in [1.807, 2.05) is 23.7 Å². The number of aromatic nitrogens is 2. The van der Waals surface area contributed by atoms with E-state index >= 15 is 0 Å². The molecule has 0 radical (unpaired) electrons. The Morgan fingerprint density at radius 1 is 1.21 bits per heavy atom. The maximum atomic E-state index is 12.1. The van der Waals surface area contributed by atoms with Crippen molar-refractivity contribution in [3.63, 3.8) is 0 Å². The Labute approximate surface area is 140 Å². The zero-order valence-corrected chi connectivity index (χ0v) is 13.3.